The van der Waals surface area contributed by atoms with E-state index in [2.05, 4.69) is 34.2 Å². The molecule has 0 radical (unpaired) electrons. The Morgan fingerprint density at radius 2 is 2.00 bits per heavy atom. The molecule has 1 N–H and O–H groups in total. The summed E-state index contributed by atoms with van der Waals surface area (Å²) in [7, 11) is 6.34. The van der Waals surface area contributed by atoms with E-state index < -0.39 is 0 Å². The molecule has 0 aromatic heterocycles. The Balaban J connectivity index is 1.53. The summed E-state index contributed by atoms with van der Waals surface area (Å²) >= 11 is 0. The number of rotatable bonds is 4. The molecule has 0 amide bonds. The van der Waals surface area contributed by atoms with E-state index in [9.17, 15) is 0 Å². The van der Waals surface area contributed by atoms with E-state index in [1.165, 1.54) is 58.0 Å². The van der Waals surface area contributed by atoms with Crippen LogP contribution >= 0.6 is 0 Å². The molecular weight excluding hydrogens is 260 g/mol. The van der Waals surface area contributed by atoms with Crippen LogP contribution in [0.4, 0.5) is 0 Å². The average Bonchev–Trinajstić information content (AvgIpc) is 3.06. The molecule has 1 heterocycles. The summed E-state index contributed by atoms with van der Waals surface area (Å²) in [6.45, 7) is 3.45. The molecule has 1 atom stereocenters. The monoisotopic (exact) mass is 292 g/mol. The highest BCUT2D eigenvalue weighted by molar-refractivity contribution is 5.80. The molecule has 0 aromatic carbocycles. The Morgan fingerprint density at radius 3 is 2.57 bits per heavy atom. The third kappa shape index (κ3) is 3.36. The molecule has 4 nitrogen and oxygen atoms in total. The smallest absolute Gasteiger partial charge is 0.193 e. The predicted octanol–water partition coefficient (Wildman–Crippen LogP) is 2.17. The van der Waals surface area contributed by atoms with E-state index in [0.29, 0.717) is 11.5 Å². The van der Waals surface area contributed by atoms with Gasteiger partial charge in [-0.3, -0.25) is 4.99 Å². The van der Waals surface area contributed by atoms with Crippen molar-refractivity contribution in [3.8, 4) is 0 Å². The molecule has 4 heteroatoms. The average molecular weight is 292 g/mol. The van der Waals surface area contributed by atoms with Gasteiger partial charge in [0.25, 0.3) is 0 Å². The van der Waals surface area contributed by atoms with Crippen LogP contribution in [0.15, 0.2) is 4.99 Å². The predicted molar refractivity (Wildman–Crippen MR) is 88.7 cm³/mol. The number of likely N-dealkylation sites (tertiary alicyclic amines) is 1. The van der Waals surface area contributed by atoms with Gasteiger partial charge in [-0.05, 0) is 57.5 Å². The highest BCUT2D eigenvalue weighted by Gasteiger charge is 2.41. The third-order valence-electron chi connectivity index (χ3n) is 5.91. The first-order valence-corrected chi connectivity index (χ1v) is 8.76. The molecule has 0 aromatic rings. The second-order valence-electron chi connectivity index (χ2n) is 7.68. The van der Waals surface area contributed by atoms with E-state index in [-0.39, 0.29) is 0 Å². The van der Waals surface area contributed by atoms with E-state index in [0.717, 1.165) is 18.4 Å². The lowest BCUT2D eigenvalue weighted by molar-refractivity contribution is 0.260. The number of nitrogens with zero attached hydrogens (tertiary/aromatic N) is 3. The van der Waals surface area contributed by atoms with Crippen molar-refractivity contribution in [1.29, 1.82) is 0 Å². The van der Waals surface area contributed by atoms with Gasteiger partial charge >= 0.3 is 0 Å². The maximum Gasteiger partial charge on any atom is 0.193 e. The van der Waals surface area contributed by atoms with Gasteiger partial charge in [-0.2, -0.15) is 0 Å². The van der Waals surface area contributed by atoms with Gasteiger partial charge in [0, 0.05) is 32.7 Å². The van der Waals surface area contributed by atoms with Crippen molar-refractivity contribution < 1.29 is 0 Å². The van der Waals surface area contributed by atoms with E-state index in [4.69, 9.17) is 0 Å². The molecule has 3 rings (SSSR count). The Hall–Kier alpha value is -0.770. The van der Waals surface area contributed by atoms with Crippen LogP contribution in [-0.4, -0.2) is 62.6 Å². The number of hydrogen-bond donors (Lipinski definition) is 1. The zero-order valence-electron chi connectivity index (χ0n) is 14.1. The number of likely N-dealkylation sites (N-methyl/N-ethyl adjacent to an activating group) is 1. The SMILES string of the molecule is CN=C(NCC(C1CC1)N(C)C)N1CCC2(CCCC2)C1. The van der Waals surface area contributed by atoms with Gasteiger partial charge in [0.1, 0.15) is 0 Å². The van der Waals surface area contributed by atoms with Crippen LogP contribution < -0.4 is 5.32 Å². The van der Waals surface area contributed by atoms with Crippen molar-refractivity contribution >= 4 is 5.96 Å². The highest BCUT2D eigenvalue weighted by Crippen LogP contribution is 2.45. The molecule has 2 saturated carbocycles. The third-order valence-corrected chi connectivity index (χ3v) is 5.91. The molecule has 1 saturated heterocycles. The Morgan fingerprint density at radius 1 is 1.29 bits per heavy atom. The fraction of sp³-hybridized carbons (Fsp3) is 0.941. The summed E-state index contributed by atoms with van der Waals surface area (Å²) in [6, 6.07) is 0.657. The van der Waals surface area contributed by atoms with Crippen LogP contribution in [0, 0.1) is 11.3 Å². The second kappa shape index (κ2) is 6.15. The van der Waals surface area contributed by atoms with Gasteiger partial charge in [-0.1, -0.05) is 12.8 Å². The first-order chi connectivity index (χ1) is 10.1. The summed E-state index contributed by atoms with van der Waals surface area (Å²) in [4.78, 5) is 9.43. The van der Waals surface area contributed by atoms with Crippen LogP contribution in [0.5, 0.6) is 0 Å². The Kier molecular flexibility index (Phi) is 4.43. The van der Waals surface area contributed by atoms with Crippen molar-refractivity contribution in [2.24, 2.45) is 16.3 Å². The van der Waals surface area contributed by atoms with E-state index >= 15 is 0 Å². The zero-order chi connectivity index (χ0) is 14.9. The summed E-state index contributed by atoms with van der Waals surface area (Å²) in [5, 5.41) is 3.65. The minimum absolute atomic E-state index is 0.620. The number of nitrogens with one attached hydrogen (secondary N) is 1. The van der Waals surface area contributed by atoms with Gasteiger partial charge in [0.05, 0.1) is 0 Å². The second-order valence-corrected chi connectivity index (χ2v) is 7.68. The van der Waals surface area contributed by atoms with Crippen LogP contribution in [0.1, 0.15) is 44.9 Å². The molecule has 0 bridgehead atoms. The fourth-order valence-corrected chi connectivity index (χ4v) is 4.43. The van der Waals surface area contributed by atoms with Crippen LogP contribution in [0.3, 0.4) is 0 Å². The van der Waals surface area contributed by atoms with E-state index in [1.807, 2.05) is 7.05 Å². The lowest BCUT2D eigenvalue weighted by atomic mass is 9.86. The molecule has 1 unspecified atom stereocenters. The number of hydrogen-bond acceptors (Lipinski definition) is 2. The summed E-state index contributed by atoms with van der Waals surface area (Å²) in [5.74, 6) is 2.02. The van der Waals surface area contributed by atoms with Gasteiger partial charge in [-0.25, -0.2) is 0 Å². The molecule has 1 spiro atoms. The molecular formula is C17H32N4. The summed E-state index contributed by atoms with van der Waals surface area (Å²) in [6.07, 6.45) is 9.90. The lowest BCUT2D eigenvalue weighted by Gasteiger charge is -2.29. The van der Waals surface area contributed by atoms with Crippen molar-refractivity contribution in [2.45, 2.75) is 51.0 Å². The Labute approximate surface area is 130 Å². The minimum Gasteiger partial charge on any atom is -0.355 e. The summed E-state index contributed by atoms with van der Waals surface area (Å²) in [5.41, 5.74) is 0.620. The molecule has 21 heavy (non-hydrogen) atoms. The Bertz CT molecular complexity index is 378. The number of guanidine groups is 1. The van der Waals surface area contributed by atoms with Crippen LogP contribution in [0.25, 0.3) is 0 Å². The summed E-state index contributed by atoms with van der Waals surface area (Å²) < 4.78 is 0. The van der Waals surface area contributed by atoms with Crippen LogP contribution in [-0.2, 0) is 0 Å². The van der Waals surface area contributed by atoms with E-state index in [1.54, 1.807) is 0 Å². The quantitative estimate of drug-likeness (QED) is 0.636. The van der Waals surface area contributed by atoms with Crippen molar-refractivity contribution in [3.05, 3.63) is 0 Å². The fourth-order valence-electron chi connectivity index (χ4n) is 4.43. The van der Waals surface area contributed by atoms with Gasteiger partial charge < -0.3 is 15.1 Å². The van der Waals surface area contributed by atoms with Crippen molar-refractivity contribution in [3.63, 3.8) is 0 Å². The standard InChI is InChI=1S/C17H32N4/c1-18-16(19-12-15(20(2)3)14-6-7-14)21-11-10-17(13-21)8-4-5-9-17/h14-15H,4-13H2,1-3H3,(H,18,19). The van der Waals surface area contributed by atoms with Crippen molar-refractivity contribution in [1.82, 2.24) is 15.1 Å². The molecule has 120 valence electrons. The lowest BCUT2D eigenvalue weighted by Crippen LogP contribution is -2.47. The first-order valence-electron chi connectivity index (χ1n) is 8.76. The zero-order valence-corrected chi connectivity index (χ0v) is 14.1. The maximum absolute atomic E-state index is 4.55. The molecule has 2 aliphatic carbocycles. The molecule has 1 aliphatic heterocycles. The maximum atomic E-state index is 4.55. The first kappa shape index (κ1) is 15.1. The normalized spacial score (nSPS) is 26.9. The minimum atomic E-state index is 0.620. The largest absolute Gasteiger partial charge is 0.355 e. The van der Waals surface area contributed by atoms with Gasteiger partial charge in [0.2, 0.25) is 0 Å². The number of aliphatic imine (C=N–C) groups is 1. The highest BCUT2D eigenvalue weighted by atomic mass is 15.3. The molecule has 3 fully saturated rings. The van der Waals surface area contributed by atoms with Crippen LogP contribution in [0.2, 0.25) is 0 Å². The van der Waals surface area contributed by atoms with Crippen molar-refractivity contribution in [2.75, 3.05) is 40.8 Å². The molecule has 3 aliphatic rings. The van der Waals surface area contributed by atoms with Gasteiger partial charge in [-0.15, -0.1) is 0 Å². The topological polar surface area (TPSA) is 30.9 Å². The van der Waals surface area contributed by atoms with Gasteiger partial charge in [0.15, 0.2) is 5.96 Å².